The van der Waals surface area contributed by atoms with Crippen molar-refractivity contribution in [2.75, 3.05) is 0 Å². The zero-order valence-electron chi connectivity index (χ0n) is 9.09. The van der Waals surface area contributed by atoms with Crippen molar-refractivity contribution >= 4 is 0 Å². The smallest absolute Gasteiger partial charge is 0.0660 e. The maximum Gasteiger partial charge on any atom is 0.0660 e. The Kier molecular flexibility index (Phi) is 2.81. The van der Waals surface area contributed by atoms with E-state index >= 15 is 0 Å². The van der Waals surface area contributed by atoms with E-state index in [0.29, 0.717) is 5.92 Å². The lowest BCUT2D eigenvalue weighted by atomic mass is 10.1. The van der Waals surface area contributed by atoms with Crippen LogP contribution in [0.15, 0.2) is 36.9 Å². The number of hydrogen-bond donors (Lipinski definition) is 0. The first-order valence-corrected chi connectivity index (χ1v) is 5.17. The molecule has 78 valence electrons. The minimum atomic E-state index is 0.538. The number of pyridine rings is 1. The van der Waals surface area contributed by atoms with Crippen molar-refractivity contribution in [1.29, 1.82) is 0 Å². The van der Waals surface area contributed by atoms with Crippen LogP contribution in [0.3, 0.4) is 0 Å². The second-order valence-corrected chi connectivity index (χ2v) is 3.98. The molecule has 0 unspecified atom stereocenters. The standard InChI is InChI=1S/C12H15N3/c1-10(2)12-7-14-15(9-12)8-11-3-5-13-6-4-11/h3-7,9-10H,8H2,1-2H3. The van der Waals surface area contributed by atoms with Crippen LogP contribution in [0.1, 0.15) is 30.9 Å². The molecule has 0 fully saturated rings. The van der Waals surface area contributed by atoms with Gasteiger partial charge >= 0.3 is 0 Å². The fourth-order valence-electron chi connectivity index (χ4n) is 1.44. The van der Waals surface area contributed by atoms with Crippen molar-refractivity contribution in [3.05, 3.63) is 48.0 Å². The molecule has 0 aliphatic heterocycles. The van der Waals surface area contributed by atoms with Gasteiger partial charge in [-0.25, -0.2) is 0 Å². The van der Waals surface area contributed by atoms with Crippen LogP contribution in [-0.4, -0.2) is 14.8 Å². The van der Waals surface area contributed by atoms with E-state index in [-0.39, 0.29) is 0 Å². The first-order valence-electron chi connectivity index (χ1n) is 5.17. The molecular weight excluding hydrogens is 186 g/mol. The summed E-state index contributed by atoms with van der Waals surface area (Å²) in [7, 11) is 0. The number of hydrogen-bond acceptors (Lipinski definition) is 2. The third-order valence-electron chi connectivity index (χ3n) is 2.41. The van der Waals surface area contributed by atoms with Crippen LogP contribution in [0, 0.1) is 0 Å². The largest absolute Gasteiger partial charge is 0.268 e. The van der Waals surface area contributed by atoms with Crippen LogP contribution in [-0.2, 0) is 6.54 Å². The summed E-state index contributed by atoms with van der Waals surface area (Å²) in [5, 5.41) is 4.33. The van der Waals surface area contributed by atoms with Gasteiger partial charge in [-0.2, -0.15) is 5.10 Å². The van der Waals surface area contributed by atoms with E-state index in [4.69, 9.17) is 0 Å². The highest BCUT2D eigenvalue weighted by molar-refractivity contribution is 5.13. The van der Waals surface area contributed by atoms with Crippen LogP contribution in [0.2, 0.25) is 0 Å². The van der Waals surface area contributed by atoms with Crippen molar-refractivity contribution in [3.8, 4) is 0 Å². The Hall–Kier alpha value is -1.64. The lowest BCUT2D eigenvalue weighted by molar-refractivity contribution is 0.684. The molecule has 0 bridgehead atoms. The van der Waals surface area contributed by atoms with Crippen LogP contribution < -0.4 is 0 Å². The quantitative estimate of drug-likeness (QED) is 0.763. The molecule has 2 heterocycles. The highest BCUT2D eigenvalue weighted by Crippen LogP contribution is 2.12. The monoisotopic (exact) mass is 201 g/mol. The molecule has 0 saturated carbocycles. The summed E-state index contributed by atoms with van der Waals surface area (Å²) in [6.45, 7) is 5.16. The van der Waals surface area contributed by atoms with Gasteiger partial charge in [0.1, 0.15) is 0 Å². The lowest BCUT2D eigenvalue weighted by Gasteiger charge is -2.01. The van der Waals surface area contributed by atoms with E-state index in [1.165, 1.54) is 11.1 Å². The number of nitrogens with zero attached hydrogens (tertiary/aromatic N) is 3. The van der Waals surface area contributed by atoms with E-state index < -0.39 is 0 Å². The topological polar surface area (TPSA) is 30.7 Å². The molecule has 3 nitrogen and oxygen atoms in total. The Balaban J connectivity index is 2.12. The van der Waals surface area contributed by atoms with Gasteiger partial charge in [-0.1, -0.05) is 13.8 Å². The fourth-order valence-corrected chi connectivity index (χ4v) is 1.44. The zero-order chi connectivity index (χ0) is 10.7. The van der Waals surface area contributed by atoms with Crippen molar-refractivity contribution < 1.29 is 0 Å². The molecular formula is C12H15N3. The zero-order valence-corrected chi connectivity index (χ0v) is 9.09. The first kappa shape index (κ1) is 9.90. The van der Waals surface area contributed by atoms with Gasteiger partial charge in [0, 0.05) is 18.6 Å². The van der Waals surface area contributed by atoms with Crippen LogP contribution >= 0.6 is 0 Å². The Labute approximate surface area is 89.8 Å². The van der Waals surface area contributed by atoms with Crippen LogP contribution in [0.5, 0.6) is 0 Å². The summed E-state index contributed by atoms with van der Waals surface area (Å²) in [4.78, 5) is 3.99. The van der Waals surface area contributed by atoms with Crippen molar-refractivity contribution in [1.82, 2.24) is 14.8 Å². The maximum absolute atomic E-state index is 4.33. The average molecular weight is 201 g/mol. The van der Waals surface area contributed by atoms with E-state index in [1.807, 2.05) is 35.4 Å². The Morgan fingerprint density at radius 3 is 2.60 bits per heavy atom. The number of rotatable bonds is 3. The Morgan fingerprint density at radius 2 is 2.00 bits per heavy atom. The molecule has 3 heteroatoms. The molecule has 15 heavy (non-hydrogen) atoms. The summed E-state index contributed by atoms with van der Waals surface area (Å²) in [5.74, 6) is 0.538. The predicted molar refractivity (Wildman–Crippen MR) is 59.7 cm³/mol. The highest BCUT2D eigenvalue weighted by Gasteiger charge is 2.02. The van der Waals surface area contributed by atoms with Gasteiger partial charge in [0.05, 0.1) is 12.7 Å². The van der Waals surface area contributed by atoms with Crippen molar-refractivity contribution in [3.63, 3.8) is 0 Å². The SMILES string of the molecule is CC(C)c1cnn(Cc2ccncc2)c1. The summed E-state index contributed by atoms with van der Waals surface area (Å²) < 4.78 is 1.96. The molecule has 2 rings (SSSR count). The van der Waals surface area contributed by atoms with Gasteiger partial charge in [0.15, 0.2) is 0 Å². The van der Waals surface area contributed by atoms with Gasteiger partial charge in [-0.05, 0) is 29.2 Å². The van der Waals surface area contributed by atoms with Crippen LogP contribution in [0.25, 0.3) is 0 Å². The Bertz CT molecular complexity index is 417. The number of aromatic nitrogens is 3. The van der Waals surface area contributed by atoms with E-state index in [2.05, 4.69) is 30.1 Å². The van der Waals surface area contributed by atoms with E-state index in [1.54, 1.807) is 0 Å². The van der Waals surface area contributed by atoms with E-state index in [9.17, 15) is 0 Å². The van der Waals surface area contributed by atoms with Gasteiger partial charge in [0.25, 0.3) is 0 Å². The lowest BCUT2D eigenvalue weighted by Crippen LogP contribution is -1.99. The van der Waals surface area contributed by atoms with Crippen molar-refractivity contribution in [2.24, 2.45) is 0 Å². The maximum atomic E-state index is 4.33. The molecule has 0 amide bonds. The van der Waals surface area contributed by atoms with Crippen LogP contribution in [0.4, 0.5) is 0 Å². The second-order valence-electron chi connectivity index (χ2n) is 3.98. The first-order chi connectivity index (χ1) is 7.25. The van der Waals surface area contributed by atoms with Gasteiger partial charge in [-0.3, -0.25) is 9.67 Å². The third kappa shape index (κ3) is 2.43. The summed E-state index contributed by atoms with van der Waals surface area (Å²) >= 11 is 0. The molecule has 2 aromatic rings. The fraction of sp³-hybridized carbons (Fsp3) is 0.333. The summed E-state index contributed by atoms with van der Waals surface area (Å²) in [6, 6.07) is 4.02. The minimum absolute atomic E-state index is 0.538. The van der Waals surface area contributed by atoms with Gasteiger partial charge in [-0.15, -0.1) is 0 Å². The Morgan fingerprint density at radius 1 is 1.27 bits per heavy atom. The average Bonchev–Trinajstić information content (AvgIpc) is 2.68. The van der Waals surface area contributed by atoms with Gasteiger partial charge in [0.2, 0.25) is 0 Å². The van der Waals surface area contributed by atoms with Gasteiger partial charge < -0.3 is 0 Å². The molecule has 0 saturated heterocycles. The molecule has 0 N–H and O–H groups in total. The van der Waals surface area contributed by atoms with E-state index in [0.717, 1.165) is 6.54 Å². The molecule has 0 aliphatic carbocycles. The molecule has 0 aromatic carbocycles. The molecule has 2 aromatic heterocycles. The molecule has 0 aliphatic rings. The normalized spacial score (nSPS) is 10.9. The summed E-state index contributed by atoms with van der Waals surface area (Å²) in [6.07, 6.45) is 7.65. The molecule has 0 spiro atoms. The molecule has 0 atom stereocenters. The third-order valence-corrected chi connectivity index (χ3v) is 2.41. The van der Waals surface area contributed by atoms with Crippen molar-refractivity contribution in [2.45, 2.75) is 26.3 Å². The second kappa shape index (κ2) is 4.26. The molecule has 0 radical (unpaired) electrons. The predicted octanol–water partition coefficient (Wildman–Crippen LogP) is 2.45. The minimum Gasteiger partial charge on any atom is -0.268 e. The summed E-state index contributed by atoms with van der Waals surface area (Å²) in [5.41, 5.74) is 2.51. The highest BCUT2D eigenvalue weighted by atomic mass is 15.3.